The van der Waals surface area contributed by atoms with Gasteiger partial charge in [-0.15, -0.1) is 0 Å². The molecule has 1 rings (SSSR count). The predicted molar refractivity (Wildman–Crippen MR) is 87.7 cm³/mol. The third kappa shape index (κ3) is 4.13. The van der Waals surface area contributed by atoms with Gasteiger partial charge in [-0.3, -0.25) is 0 Å². The van der Waals surface area contributed by atoms with Gasteiger partial charge in [-0.2, -0.15) is 15.8 Å². The van der Waals surface area contributed by atoms with E-state index < -0.39 is 0 Å². The average molecular weight is 311 g/mol. The van der Waals surface area contributed by atoms with Crippen LogP contribution in [0.2, 0.25) is 0 Å². The van der Waals surface area contributed by atoms with Gasteiger partial charge < -0.3 is 4.90 Å². The van der Waals surface area contributed by atoms with E-state index in [1.54, 1.807) is 12.1 Å². The van der Waals surface area contributed by atoms with Gasteiger partial charge in [-0.05, 0) is 37.6 Å². The number of allylic oxidation sites excluding steroid dienone is 3. The van der Waals surface area contributed by atoms with E-state index in [1.165, 1.54) is 6.08 Å². The molecule has 0 radical (unpaired) electrons. The van der Waals surface area contributed by atoms with Crippen molar-refractivity contribution in [2.24, 2.45) is 0 Å². The summed E-state index contributed by atoms with van der Waals surface area (Å²) in [5, 5.41) is 26.9. The Balaban J connectivity index is 3.15. The van der Waals surface area contributed by atoms with E-state index in [2.05, 4.69) is 18.7 Å². The highest BCUT2D eigenvalue weighted by molar-refractivity contribution is 6.49. The Morgan fingerprint density at radius 2 is 1.59 bits per heavy atom. The zero-order chi connectivity index (χ0) is 16.5. The molecule has 0 aromatic heterocycles. The number of nitriles is 3. The topological polar surface area (TPSA) is 74.6 Å². The summed E-state index contributed by atoms with van der Waals surface area (Å²) >= 11 is 6.18. The Bertz CT molecular complexity index is 689. The van der Waals surface area contributed by atoms with Gasteiger partial charge in [0.1, 0.15) is 23.8 Å². The van der Waals surface area contributed by atoms with Crippen LogP contribution < -0.4 is 4.90 Å². The van der Waals surface area contributed by atoms with Gasteiger partial charge in [0.25, 0.3) is 0 Å². The lowest BCUT2D eigenvalue weighted by atomic mass is 10.1. The van der Waals surface area contributed by atoms with Crippen molar-refractivity contribution in [2.45, 2.75) is 13.8 Å². The van der Waals surface area contributed by atoms with Gasteiger partial charge >= 0.3 is 0 Å². The molecule has 1 aromatic rings. The summed E-state index contributed by atoms with van der Waals surface area (Å²) in [5.41, 5.74) is 1.52. The lowest BCUT2D eigenvalue weighted by molar-refractivity contribution is 0.866. The molecule has 4 nitrogen and oxygen atoms in total. The van der Waals surface area contributed by atoms with Crippen LogP contribution >= 0.6 is 11.6 Å². The molecule has 0 fully saturated rings. The molecule has 0 saturated heterocycles. The Morgan fingerprint density at radius 1 is 1.05 bits per heavy atom. The predicted octanol–water partition coefficient (Wildman–Crippen LogP) is 3.98. The summed E-state index contributed by atoms with van der Waals surface area (Å²) in [6.45, 7) is 5.99. The quantitative estimate of drug-likeness (QED) is 0.609. The van der Waals surface area contributed by atoms with Crippen molar-refractivity contribution in [1.82, 2.24) is 0 Å². The van der Waals surface area contributed by atoms with Gasteiger partial charge in [0.05, 0.1) is 5.57 Å². The fourth-order valence-corrected chi connectivity index (χ4v) is 2.17. The molecule has 0 N–H and O–H groups in total. The van der Waals surface area contributed by atoms with E-state index in [1.807, 2.05) is 30.3 Å². The van der Waals surface area contributed by atoms with Crippen LogP contribution in [0.3, 0.4) is 0 Å². The van der Waals surface area contributed by atoms with Gasteiger partial charge in [-0.25, -0.2) is 0 Å². The SMILES string of the molecule is CCN(CC)c1ccc(/C(Cl)=C/C(C#N)=C(C#N)C#N)cc1. The maximum absolute atomic E-state index is 9.02. The van der Waals surface area contributed by atoms with Crippen molar-refractivity contribution >= 4 is 22.3 Å². The van der Waals surface area contributed by atoms with Gasteiger partial charge in [-0.1, -0.05) is 23.7 Å². The molecule has 0 aliphatic rings. The number of hydrogen-bond donors (Lipinski definition) is 0. The zero-order valence-corrected chi connectivity index (χ0v) is 13.2. The second-order valence-electron chi connectivity index (χ2n) is 4.34. The Kier molecular flexibility index (Phi) is 6.71. The summed E-state index contributed by atoms with van der Waals surface area (Å²) < 4.78 is 0. The summed E-state index contributed by atoms with van der Waals surface area (Å²) in [4.78, 5) is 2.20. The smallest absolute Gasteiger partial charge is 0.147 e. The molecule has 0 amide bonds. The van der Waals surface area contributed by atoms with Crippen molar-refractivity contribution in [1.29, 1.82) is 15.8 Å². The number of benzene rings is 1. The highest BCUT2D eigenvalue weighted by Crippen LogP contribution is 2.24. The number of halogens is 1. The lowest BCUT2D eigenvalue weighted by Gasteiger charge is -2.21. The minimum Gasteiger partial charge on any atom is -0.372 e. The largest absolute Gasteiger partial charge is 0.372 e. The molecule has 0 aliphatic heterocycles. The summed E-state index contributed by atoms with van der Waals surface area (Å²) in [5.74, 6) is 0. The molecule has 1 aromatic carbocycles. The highest BCUT2D eigenvalue weighted by atomic mass is 35.5. The molecule has 0 spiro atoms. The molecule has 0 saturated carbocycles. The van der Waals surface area contributed by atoms with E-state index in [0.29, 0.717) is 5.03 Å². The molecule has 110 valence electrons. The maximum Gasteiger partial charge on any atom is 0.147 e. The summed E-state index contributed by atoms with van der Waals surface area (Å²) in [6, 6.07) is 12.8. The number of nitrogens with zero attached hydrogens (tertiary/aromatic N) is 4. The molecular formula is C17H15ClN4. The van der Waals surface area contributed by atoms with E-state index >= 15 is 0 Å². The lowest BCUT2D eigenvalue weighted by Crippen LogP contribution is -2.21. The van der Waals surface area contributed by atoms with Crippen molar-refractivity contribution in [2.75, 3.05) is 18.0 Å². The minimum absolute atomic E-state index is 0.0391. The molecule has 0 unspecified atom stereocenters. The fraction of sp³-hybridized carbons (Fsp3) is 0.235. The monoisotopic (exact) mass is 310 g/mol. The minimum atomic E-state index is -0.250. The Morgan fingerprint density at radius 3 is 2.00 bits per heavy atom. The third-order valence-corrected chi connectivity index (χ3v) is 3.48. The molecule has 0 bridgehead atoms. The summed E-state index contributed by atoms with van der Waals surface area (Å²) in [7, 11) is 0. The molecule has 5 heteroatoms. The van der Waals surface area contributed by atoms with Crippen molar-refractivity contribution in [3.8, 4) is 18.2 Å². The maximum atomic E-state index is 9.02. The van der Waals surface area contributed by atoms with E-state index in [9.17, 15) is 0 Å². The first kappa shape index (κ1) is 17.3. The average Bonchev–Trinajstić information content (AvgIpc) is 2.56. The van der Waals surface area contributed by atoms with Crippen LogP contribution in [0.1, 0.15) is 19.4 Å². The first-order valence-corrected chi connectivity index (χ1v) is 7.16. The van der Waals surface area contributed by atoms with Gasteiger partial charge in [0.15, 0.2) is 0 Å². The fourth-order valence-electron chi connectivity index (χ4n) is 1.94. The molecule has 0 atom stereocenters. The summed E-state index contributed by atoms with van der Waals surface area (Å²) in [6.07, 6.45) is 1.34. The van der Waals surface area contributed by atoms with Gasteiger partial charge in [0, 0.05) is 23.8 Å². The molecule has 0 aliphatic carbocycles. The van der Waals surface area contributed by atoms with Crippen LogP contribution in [0.4, 0.5) is 5.69 Å². The van der Waals surface area contributed by atoms with Crippen LogP contribution in [0.15, 0.2) is 41.5 Å². The molecule has 0 heterocycles. The van der Waals surface area contributed by atoms with E-state index in [-0.39, 0.29) is 11.1 Å². The number of anilines is 1. The zero-order valence-electron chi connectivity index (χ0n) is 12.5. The second kappa shape index (κ2) is 8.53. The van der Waals surface area contributed by atoms with Crippen LogP contribution in [0.25, 0.3) is 5.03 Å². The molecular weight excluding hydrogens is 296 g/mol. The number of rotatable bonds is 5. The van der Waals surface area contributed by atoms with Crippen molar-refractivity contribution in [3.05, 3.63) is 47.1 Å². The Labute approximate surface area is 135 Å². The highest BCUT2D eigenvalue weighted by Gasteiger charge is 2.07. The second-order valence-corrected chi connectivity index (χ2v) is 4.74. The third-order valence-electron chi connectivity index (χ3n) is 3.16. The normalized spacial score (nSPS) is 10.1. The van der Waals surface area contributed by atoms with Crippen LogP contribution in [-0.4, -0.2) is 13.1 Å². The Hall–Kier alpha value is -2.74. The standard InChI is InChI=1S/C17H15ClN4/c1-3-22(4-2)16-7-5-13(6-8-16)17(18)9-14(10-19)15(11-20)12-21/h5-9H,3-4H2,1-2H3/b17-9-. The molecule has 22 heavy (non-hydrogen) atoms. The van der Waals surface area contributed by atoms with Crippen LogP contribution in [0.5, 0.6) is 0 Å². The van der Waals surface area contributed by atoms with E-state index in [0.717, 1.165) is 24.3 Å². The van der Waals surface area contributed by atoms with Crippen molar-refractivity contribution in [3.63, 3.8) is 0 Å². The first-order chi connectivity index (χ1) is 10.6. The van der Waals surface area contributed by atoms with Gasteiger partial charge in [0.2, 0.25) is 0 Å². The first-order valence-electron chi connectivity index (χ1n) is 6.78. The number of hydrogen-bond acceptors (Lipinski definition) is 4. The van der Waals surface area contributed by atoms with E-state index in [4.69, 9.17) is 27.4 Å². The van der Waals surface area contributed by atoms with Crippen molar-refractivity contribution < 1.29 is 0 Å². The van der Waals surface area contributed by atoms with Crippen LogP contribution in [-0.2, 0) is 0 Å². The van der Waals surface area contributed by atoms with Crippen LogP contribution in [0, 0.1) is 34.0 Å².